The number of nitrogens with two attached hydrogens (primary N) is 1. The van der Waals surface area contributed by atoms with Crippen molar-refractivity contribution in [1.29, 1.82) is 0 Å². The number of thioether (sulfide) groups is 1. The highest BCUT2D eigenvalue weighted by Gasteiger charge is 2.20. The molecule has 1 atom stereocenters. The Morgan fingerprint density at radius 2 is 2.20 bits per heavy atom. The van der Waals surface area contributed by atoms with Gasteiger partial charge in [-0.25, -0.2) is 17.5 Å². The molecule has 0 saturated carbocycles. The quantitative estimate of drug-likeness (QED) is 0.869. The lowest BCUT2D eigenvalue weighted by Crippen LogP contribution is -2.32. The van der Waals surface area contributed by atoms with Crippen molar-refractivity contribution in [3.05, 3.63) is 29.6 Å². The minimum atomic E-state index is -3.59. The molecule has 112 valence electrons. The Morgan fingerprint density at radius 1 is 1.40 bits per heavy atom. The predicted molar refractivity (Wildman–Crippen MR) is 79.6 cm³/mol. The van der Waals surface area contributed by atoms with Gasteiger partial charge in [-0.2, -0.15) is 11.8 Å². The third-order valence-corrected chi connectivity index (χ3v) is 6.14. The van der Waals surface area contributed by atoms with Crippen molar-refractivity contribution < 1.29 is 12.8 Å². The smallest absolute Gasteiger partial charge is 0.240 e. The first kappa shape index (κ1) is 15.8. The maximum absolute atomic E-state index is 13.3. The lowest BCUT2D eigenvalue weighted by atomic mass is 10.2. The maximum atomic E-state index is 13.3. The second-order valence-electron chi connectivity index (χ2n) is 4.80. The number of hydrogen-bond donors (Lipinski definition) is 2. The first-order chi connectivity index (χ1) is 9.53. The third kappa shape index (κ3) is 3.94. The molecule has 2 rings (SSSR count). The van der Waals surface area contributed by atoms with Gasteiger partial charge < -0.3 is 5.73 Å². The van der Waals surface area contributed by atoms with Gasteiger partial charge in [0.25, 0.3) is 0 Å². The first-order valence-corrected chi connectivity index (χ1v) is 9.16. The normalized spacial score (nSPS) is 20.0. The van der Waals surface area contributed by atoms with Crippen LogP contribution in [0.1, 0.15) is 24.8 Å². The highest BCUT2D eigenvalue weighted by molar-refractivity contribution is 8.00. The van der Waals surface area contributed by atoms with Crippen molar-refractivity contribution in [1.82, 2.24) is 4.72 Å². The molecule has 1 heterocycles. The van der Waals surface area contributed by atoms with Gasteiger partial charge >= 0.3 is 0 Å². The van der Waals surface area contributed by atoms with E-state index in [0.717, 1.165) is 24.7 Å². The second kappa shape index (κ2) is 6.89. The summed E-state index contributed by atoms with van der Waals surface area (Å²) in [4.78, 5) is 0.0696. The predicted octanol–water partition coefficient (Wildman–Crippen LogP) is 1.85. The summed E-state index contributed by atoms with van der Waals surface area (Å²) in [7, 11) is -3.59. The fourth-order valence-corrected chi connectivity index (χ4v) is 4.61. The van der Waals surface area contributed by atoms with E-state index in [0.29, 0.717) is 11.8 Å². The van der Waals surface area contributed by atoms with Crippen LogP contribution in [-0.2, 0) is 16.6 Å². The van der Waals surface area contributed by atoms with Crippen LogP contribution in [0.3, 0.4) is 0 Å². The van der Waals surface area contributed by atoms with Gasteiger partial charge in [0.1, 0.15) is 5.82 Å². The number of nitrogens with one attached hydrogen (secondary N) is 1. The van der Waals surface area contributed by atoms with E-state index in [1.54, 1.807) is 11.8 Å². The van der Waals surface area contributed by atoms with Gasteiger partial charge in [-0.1, -0.05) is 6.42 Å². The Bertz CT molecular complexity index is 557. The molecule has 20 heavy (non-hydrogen) atoms. The molecule has 1 saturated heterocycles. The molecule has 3 N–H and O–H groups in total. The average Bonchev–Trinajstić information content (AvgIpc) is 2.46. The van der Waals surface area contributed by atoms with Crippen molar-refractivity contribution in [2.45, 2.75) is 36.0 Å². The zero-order valence-corrected chi connectivity index (χ0v) is 12.8. The molecule has 1 aromatic rings. The Labute approximate surface area is 123 Å². The summed E-state index contributed by atoms with van der Waals surface area (Å²) in [5, 5.41) is 0.327. The zero-order chi connectivity index (χ0) is 14.6. The molecule has 1 fully saturated rings. The molecule has 0 amide bonds. The Kier molecular flexibility index (Phi) is 5.42. The van der Waals surface area contributed by atoms with E-state index >= 15 is 0 Å². The molecule has 0 spiro atoms. The molecule has 0 aromatic heterocycles. The zero-order valence-electron chi connectivity index (χ0n) is 11.1. The summed E-state index contributed by atoms with van der Waals surface area (Å²) in [6.45, 7) is 0.399. The van der Waals surface area contributed by atoms with Gasteiger partial charge in [0, 0.05) is 23.9 Å². The van der Waals surface area contributed by atoms with Gasteiger partial charge in [-0.3, -0.25) is 0 Å². The standard InChI is InChI=1S/C13H19FN2O2S2/c14-13-5-4-12(7-10(13)8-15)20(17,18)16-9-11-3-1-2-6-19-11/h4-5,7,11,16H,1-3,6,8-9,15H2. The van der Waals surface area contributed by atoms with E-state index in [4.69, 9.17) is 5.73 Å². The fourth-order valence-electron chi connectivity index (χ4n) is 2.13. The summed E-state index contributed by atoms with van der Waals surface area (Å²) in [5.74, 6) is 0.606. The minimum absolute atomic E-state index is 0.0202. The number of sulfonamides is 1. The van der Waals surface area contributed by atoms with Gasteiger partial charge in [-0.15, -0.1) is 0 Å². The topological polar surface area (TPSA) is 72.2 Å². The lowest BCUT2D eigenvalue weighted by Gasteiger charge is -2.21. The molecule has 7 heteroatoms. The second-order valence-corrected chi connectivity index (χ2v) is 7.97. The van der Waals surface area contributed by atoms with Crippen LogP contribution >= 0.6 is 11.8 Å². The fraction of sp³-hybridized carbons (Fsp3) is 0.538. The van der Waals surface area contributed by atoms with E-state index < -0.39 is 15.8 Å². The molecule has 0 radical (unpaired) electrons. The number of hydrogen-bond acceptors (Lipinski definition) is 4. The van der Waals surface area contributed by atoms with Gasteiger partial charge in [0.05, 0.1) is 4.90 Å². The van der Waals surface area contributed by atoms with Crippen LogP contribution in [0, 0.1) is 5.82 Å². The van der Waals surface area contributed by atoms with Crippen LogP contribution in [0.25, 0.3) is 0 Å². The van der Waals surface area contributed by atoms with Gasteiger partial charge in [-0.05, 0) is 36.8 Å². The monoisotopic (exact) mass is 318 g/mol. The molecular formula is C13H19FN2O2S2. The highest BCUT2D eigenvalue weighted by atomic mass is 32.2. The Balaban J connectivity index is 2.05. The maximum Gasteiger partial charge on any atom is 0.240 e. The molecule has 1 aliphatic heterocycles. The van der Waals surface area contributed by atoms with Gasteiger partial charge in [0.15, 0.2) is 0 Å². The largest absolute Gasteiger partial charge is 0.326 e. The van der Waals surface area contributed by atoms with Crippen molar-refractivity contribution >= 4 is 21.8 Å². The van der Waals surface area contributed by atoms with Crippen LogP contribution < -0.4 is 10.5 Å². The number of benzene rings is 1. The minimum Gasteiger partial charge on any atom is -0.326 e. The molecular weight excluding hydrogens is 299 g/mol. The molecule has 0 aliphatic carbocycles. The molecule has 0 bridgehead atoms. The third-order valence-electron chi connectivity index (χ3n) is 3.32. The molecule has 4 nitrogen and oxygen atoms in total. The van der Waals surface area contributed by atoms with Gasteiger partial charge in [0.2, 0.25) is 10.0 Å². The molecule has 1 aliphatic rings. The van der Waals surface area contributed by atoms with Crippen LogP contribution in [-0.4, -0.2) is 26.0 Å². The molecule has 1 unspecified atom stereocenters. The van der Waals surface area contributed by atoms with Crippen molar-refractivity contribution in [2.75, 3.05) is 12.3 Å². The summed E-state index contributed by atoms with van der Waals surface area (Å²) in [5.41, 5.74) is 5.60. The van der Waals surface area contributed by atoms with Crippen LogP contribution in [0.2, 0.25) is 0 Å². The summed E-state index contributed by atoms with van der Waals surface area (Å²) < 4.78 is 40.3. The van der Waals surface area contributed by atoms with E-state index in [1.807, 2.05) is 0 Å². The Morgan fingerprint density at radius 3 is 2.85 bits per heavy atom. The number of rotatable bonds is 5. The SMILES string of the molecule is NCc1cc(S(=O)(=O)NCC2CCCCS2)ccc1F. The number of halogens is 1. The first-order valence-electron chi connectivity index (χ1n) is 6.62. The van der Waals surface area contributed by atoms with E-state index in [9.17, 15) is 12.8 Å². The summed E-state index contributed by atoms with van der Waals surface area (Å²) >= 11 is 1.80. The van der Waals surface area contributed by atoms with Crippen LogP contribution in [0.5, 0.6) is 0 Å². The Hall–Kier alpha value is -0.630. The van der Waals surface area contributed by atoms with E-state index in [1.165, 1.54) is 18.6 Å². The van der Waals surface area contributed by atoms with E-state index in [-0.39, 0.29) is 17.0 Å². The lowest BCUT2D eigenvalue weighted by molar-refractivity contribution is 0.572. The molecule has 1 aromatic carbocycles. The van der Waals surface area contributed by atoms with Crippen molar-refractivity contribution in [2.24, 2.45) is 5.73 Å². The van der Waals surface area contributed by atoms with Crippen LogP contribution in [0.4, 0.5) is 4.39 Å². The van der Waals surface area contributed by atoms with Crippen LogP contribution in [0.15, 0.2) is 23.1 Å². The average molecular weight is 318 g/mol. The van der Waals surface area contributed by atoms with E-state index in [2.05, 4.69) is 4.72 Å². The summed E-state index contributed by atoms with van der Waals surface area (Å²) in [6, 6.07) is 3.71. The summed E-state index contributed by atoms with van der Waals surface area (Å²) in [6.07, 6.45) is 3.38. The van der Waals surface area contributed by atoms with Crippen molar-refractivity contribution in [3.63, 3.8) is 0 Å². The van der Waals surface area contributed by atoms with Crippen molar-refractivity contribution in [3.8, 4) is 0 Å². The highest BCUT2D eigenvalue weighted by Crippen LogP contribution is 2.24.